The Morgan fingerprint density at radius 3 is 2.95 bits per heavy atom. The number of hydrogen-bond acceptors (Lipinski definition) is 6. The lowest BCUT2D eigenvalue weighted by atomic mass is 10.3. The number of hydrogen-bond donors (Lipinski definition) is 1. The third kappa shape index (κ3) is 3.94. The number of nitrogens with zero attached hydrogens (tertiary/aromatic N) is 4. The zero-order chi connectivity index (χ0) is 15.1. The van der Waals surface area contributed by atoms with Crippen molar-refractivity contribution in [3.63, 3.8) is 0 Å². The minimum atomic E-state index is -0.0462. The van der Waals surface area contributed by atoms with Gasteiger partial charge in [-0.15, -0.1) is 5.10 Å². The summed E-state index contributed by atoms with van der Waals surface area (Å²) in [6.45, 7) is 4.96. The number of carbonyl (C=O) groups is 1. The van der Waals surface area contributed by atoms with Gasteiger partial charge in [-0.25, -0.2) is 0 Å². The number of amides is 1. The Hall–Kier alpha value is -2.09. The highest BCUT2D eigenvalue weighted by Crippen LogP contribution is 2.25. The molecule has 1 amide bonds. The number of thioether (sulfide) groups is 1. The average molecular weight is 307 g/mol. The average Bonchev–Trinajstić information content (AvgIpc) is 2.95. The smallest absolute Gasteiger partial charge is 0.230 e. The molecule has 0 spiro atoms. The molecule has 0 unspecified atom stereocenters. The summed E-state index contributed by atoms with van der Waals surface area (Å²) in [5.74, 6) is 0.924. The predicted molar refractivity (Wildman–Crippen MR) is 79.7 cm³/mol. The van der Waals surface area contributed by atoms with Gasteiger partial charge in [-0.1, -0.05) is 23.9 Å². The second kappa shape index (κ2) is 7.63. The van der Waals surface area contributed by atoms with E-state index >= 15 is 0 Å². The molecule has 2 rings (SSSR count). The molecule has 2 aromatic rings. The molecule has 0 aliphatic carbocycles. The number of carbonyl (C=O) groups excluding carboxylic acids is 1. The van der Waals surface area contributed by atoms with Crippen LogP contribution in [0.3, 0.4) is 0 Å². The van der Waals surface area contributed by atoms with Gasteiger partial charge in [-0.05, 0) is 36.4 Å². The molecule has 0 atom stereocenters. The Labute approximate surface area is 127 Å². The maximum absolute atomic E-state index is 11.5. The first-order valence-corrected chi connectivity index (χ1v) is 7.64. The lowest BCUT2D eigenvalue weighted by molar-refractivity contribution is -0.118. The Bertz CT molecular complexity index is 602. The third-order valence-electron chi connectivity index (χ3n) is 2.54. The van der Waals surface area contributed by atoms with Crippen LogP contribution in [-0.2, 0) is 4.79 Å². The van der Waals surface area contributed by atoms with Crippen molar-refractivity contribution >= 4 is 17.7 Å². The van der Waals surface area contributed by atoms with Gasteiger partial charge in [0.2, 0.25) is 11.1 Å². The maximum Gasteiger partial charge on any atom is 0.230 e. The van der Waals surface area contributed by atoms with E-state index in [1.807, 2.05) is 38.1 Å². The molecule has 0 fully saturated rings. The van der Waals surface area contributed by atoms with E-state index in [-0.39, 0.29) is 11.7 Å². The predicted octanol–water partition coefficient (Wildman–Crippen LogP) is 1.29. The van der Waals surface area contributed by atoms with E-state index in [9.17, 15) is 4.79 Å². The third-order valence-corrected chi connectivity index (χ3v) is 3.46. The van der Waals surface area contributed by atoms with Crippen LogP contribution in [0.25, 0.3) is 5.69 Å². The van der Waals surface area contributed by atoms with E-state index in [0.717, 1.165) is 5.69 Å². The second-order valence-electron chi connectivity index (χ2n) is 4.02. The summed E-state index contributed by atoms with van der Waals surface area (Å²) in [7, 11) is 0. The minimum absolute atomic E-state index is 0.0462. The summed E-state index contributed by atoms with van der Waals surface area (Å²) in [6, 6.07) is 7.51. The molecule has 1 aromatic carbocycles. The lowest BCUT2D eigenvalue weighted by Crippen LogP contribution is -2.24. The molecule has 0 bridgehead atoms. The molecule has 1 heterocycles. The van der Waals surface area contributed by atoms with E-state index in [2.05, 4.69) is 20.8 Å². The standard InChI is InChI=1S/C13H17N5O2S/c1-3-14-12(19)9-21-13-15-16-17-18(13)10-7-5-6-8-11(10)20-4-2/h5-8H,3-4,9H2,1-2H3,(H,14,19). The molecule has 0 saturated heterocycles. The zero-order valence-corrected chi connectivity index (χ0v) is 12.8. The molecule has 0 saturated carbocycles. The molecule has 0 radical (unpaired) electrons. The fourth-order valence-electron chi connectivity index (χ4n) is 1.71. The van der Waals surface area contributed by atoms with E-state index < -0.39 is 0 Å². The van der Waals surface area contributed by atoms with Gasteiger partial charge in [0.15, 0.2) is 0 Å². The van der Waals surface area contributed by atoms with Gasteiger partial charge in [0.25, 0.3) is 0 Å². The molecular formula is C13H17N5O2S. The van der Waals surface area contributed by atoms with Crippen molar-refractivity contribution in [2.45, 2.75) is 19.0 Å². The molecular weight excluding hydrogens is 290 g/mol. The summed E-state index contributed by atoms with van der Waals surface area (Å²) in [6.07, 6.45) is 0. The molecule has 112 valence electrons. The van der Waals surface area contributed by atoms with Crippen molar-refractivity contribution in [3.05, 3.63) is 24.3 Å². The lowest BCUT2D eigenvalue weighted by Gasteiger charge is -2.10. The van der Waals surface area contributed by atoms with Gasteiger partial charge in [0.05, 0.1) is 12.4 Å². The number of nitrogens with one attached hydrogen (secondary N) is 1. The van der Waals surface area contributed by atoms with Crippen LogP contribution in [0.1, 0.15) is 13.8 Å². The van der Waals surface area contributed by atoms with E-state index in [1.54, 1.807) is 4.68 Å². The molecule has 0 aliphatic rings. The summed E-state index contributed by atoms with van der Waals surface area (Å²) < 4.78 is 7.15. The van der Waals surface area contributed by atoms with Crippen LogP contribution in [0.2, 0.25) is 0 Å². The molecule has 1 N–H and O–H groups in total. The van der Waals surface area contributed by atoms with Gasteiger partial charge in [-0.2, -0.15) is 4.68 Å². The summed E-state index contributed by atoms with van der Waals surface area (Å²) in [5.41, 5.74) is 0.753. The number of aromatic nitrogens is 4. The van der Waals surface area contributed by atoms with Crippen molar-refractivity contribution in [2.24, 2.45) is 0 Å². The second-order valence-corrected chi connectivity index (χ2v) is 4.96. The Morgan fingerprint density at radius 2 is 2.19 bits per heavy atom. The Balaban J connectivity index is 2.18. The molecule has 1 aromatic heterocycles. The topological polar surface area (TPSA) is 81.9 Å². The van der Waals surface area contributed by atoms with Crippen LogP contribution in [0, 0.1) is 0 Å². The maximum atomic E-state index is 11.5. The number of benzene rings is 1. The fraction of sp³-hybridized carbons (Fsp3) is 0.385. The van der Waals surface area contributed by atoms with Crippen molar-refractivity contribution in [3.8, 4) is 11.4 Å². The highest BCUT2D eigenvalue weighted by Gasteiger charge is 2.14. The molecule has 7 nitrogen and oxygen atoms in total. The normalized spacial score (nSPS) is 10.4. The van der Waals surface area contributed by atoms with Crippen LogP contribution in [0.5, 0.6) is 5.75 Å². The monoisotopic (exact) mass is 307 g/mol. The molecule has 0 aliphatic heterocycles. The first-order chi connectivity index (χ1) is 10.3. The fourth-order valence-corrected chi connectivity index (χ4v) is 2.42. The van der Waals surface area contributed by atoms with E-state index in [1.165, 1.54) is 11.8 Å². The SMILES string of the molecule is CCNC(=O)CSc1nnnn1-c1ccccc1OCC. The van der Waals surface area contributed by atoms with Crippen LogP contribution in [-0.4, -0.2) is 45.0 Å². The van der Waals surface area contributed by atoms with Crippen LogP contribution in [0.15, 0.2) is 29.4 Å². The van der Waals surface area contributed by atoms with Gasteiger partial charge in [0, 0.05) is 6.54 Å². The minimum Gasteiger partial charge on any atom is -0.492 e. The van der Waals surface area contributed by atoms with Crippen molar-refractivity contribution in [2.75, 3.05) is 18.9 Å². The van der Waals surface area contributed by atoms with Crippen molar-refractivity contribution < 1.29 is 9.53 Å². The summed E-state index contributed by atoms with van der Waals surface area (Å²) in [5, 5.41) is 14.9. The highest BCUT2D eigenvalue weighted by molar-refractivity contribution is 7.99. The van der Waals surface area contributed by atoms with Crippen LogP contribution in [0.4, 0.5) is 0 Å². The Kier molecular flexibility index (Phi) is 5.56. The van der Waals surface area contributed by atoms with Gasteiger partial charge >= 0.3 is 0 Å². The van der Waals surface area contributed by atoms with Crippen LogP contribution >= 0.6 is 11.8 Å². The van der Waals surface area contributed by atoms with Crippen molar-refractivity contribution in [1.29, 1.82) is 0 Å². The highest BCUT2D eigenvalue weighted by atomic mass is 32.2. The van der Waals surface area contributed by atoms with Gasteiger partial charge in [0.1, 0.15) is 11.4 Å². The van der Waals surface area contributed by atoms with Gasteiger partial charge < -0.3 is 10.1 Å². The van der Waals surface area contributed by atoms with E-state index in [0.29, 0.717) is 24.1 Å². The molecule has 8 heteroatoms. The quantitative estimate of drug-likeness (QED) is 0.776. The largest absolute Gasteiger partial charge is 0.492 e. The first-order valence-electron chi connectivity index (χ1n) is 6.66. The number of tetrazole rings is 1. The Morgan fingerprint density at radius 1 is 1.38 bits per heavy atom. The first kappa shape index (κ1) is 15.3. The van der Waals surface area contributed by atoms with Gasteiger partial charge in [-0.3, -0.25) is 4.79 Å². The van der Waals surface area contributed by atoms with E-state index in [4.69, 9.17) is 4.74 Å². The summed E-state index contributed by atoms with van der Waals surface area (Å²) in [4.78, 5) is 11.5. The summed E-state index contributed by atoms with van der Waals surface area (Å²) >= 11 is 1.28. The van der Waals surface area contributed by atoms with Crippen molar-refractivity contribution in [1.82, 2.24) is 25.5 Å². The number of rotatable bonds is 7. The van der Waals surface area contributed by atoms with Crippen LogP contribution < -0.4 is 10.1 Å². The number of ether oxygens (including phenoxy) is 1. The molecule has 21 heavy (non-hydrogen) atoms. The zero-order valence-electron chi connectivity index (χ0n) is 11.9. The number of para-hydroxylation sites is 2.